The van der Waals surface area contributed by atoms with E-state index in [1.165, 1.54) is 6.42 Å². The molecule has 1 nitrogen and oxygen atoms in total. The zero-order chi connectivity index (χ0) is 27.1. The Morgan fingerprint density at radius 3 is 2.05 bits per heavy atom. The highest BCUT2D eigenvalue weighted by Crippen LogP contribution is 2.39. The molecule has 3 aromatic rings. The van der Waals surface area contributed by atoms with Gasteiger partial charge in [0, 0.05) is 11.1 Å². The predicted octanol–water partition coefficient (Wildman–Crippen LogP) is 10.3. The third-order valence-electron chi connectivity index (χ3n) is 7.95. The second-order valence-electron chi connectivity index (χ2n) is 10.6. The van der Waals surface area contributed by atoms with Gasteiger partial charge >= 0.3 is 0 Å². The van der Waals surface area contributed by atoms with Gasteiger partial charge in [-0.15, -0.1) is 0 Å². The van der Waals surface area contributed by atoms with Crippen molar-refractivity contribution in [3.63, 3.8) is 0 Å². The van der Waals surface area contributed by atoms with Crippen molar-refractivity contribution in [3.05, 3.63) is 88.5 Å². The summed E-state index contributed by atoms with van der Waals surface area (Å²) in [5, 5.41) is 0. The standard InChI is InChI=1S/C33H38F4O/c1-3-5-6-8-25-15-19-28(32(36)30(25)34)24-13-17-27(18-14-24)38-21-26-16-20-29(33(37)31(26)35)23-11-9-22(7-4-2)10-12-23/h13-20,22-23H,3-12,21H2,1-2H3. The van der Waals surface area contributed by atoms with Gasteiger partial charge < -0.3 is 4.74 Å². The Labute approximate surface area is 224 Å². The Morgan fingerprint density at radius 2 is 1.37 bits per heavy atom. The molecule has 3 aromatic carbocycles. The van der Waals surface area contributed by atoms with E-state index in [0.29, 0.717) is 34.8 Å². The first-order chi connectivity index (χ1) is 18.4. The second-order valence-corrected chi connectivity index (χ2v) is 10.6. The van der Waals surface area contributed by atoms with Crippen LogP contribution in [0.1, 0.15) is 94.2 Å². The molecule has 38 heavy (non-hydrogen) atoms. The molecule has 0 saturated heterocycles. The predicted molar refractivity (Wildman–Crippen MR) is 145 cm³/mol. The van der Waals surface area contributed by atoms with Crippen LogP contribution in [0.5, 0.6) is 5.75 Å². The van der Waals surface area contributed by atoms with E-state index in [-0.39, 0.29) is 23.7 Å². The maximum absolute atomic E-state index is 14.9. The topological polar surface area (TPSA) is 9.23 Å². The van der Waals surface area contributed by atoms with E-state index in [1.54, 1.807) is 48.5 Å². The van der Waals surface area contributed by atoms with E-state index < -0.39 is 23.3 Å². The Morgan fingerprint density at radius 1 is 0.684 bits per heavy atom. The Hall–Kier alpha value is -2.82. The van der Waals surface area contributed by atoms with E-state index >= 15 is 0 Å². The van der Waals surface area contributed by atoms with E-state index in [1.807, 2.05) is 0 Å². The highest BCUT2D eigenvalue weighted by atomic mass is 19.2. The summed E-state index contributed by atoms with van der Waals surface area (Å²) >= 11 is 0. The quantitative estimate of drug-likeness (QED) is 0.178. The molecular formula is C33H38F4O. The van der Waals surface area contributed by atoms with Gasteiger partial charge in [0.1, 0.15) is 12.4 Å². The molecule has 1 aliphatic rings. The van der Waals surface area contributed by atoms with Gasteiger partial charge in [-0.05, 0) is 79.2 Å². The highest BCUT2D eigenvalue weighted by molar-refractivity contribution is 5.65. The summed E-state index contributed by atoms with van der Waals surface area (Å²) in [6.45, 7) is 4.13. The highest BCUT2D eigenvalue weighted by Gasteiger charge is 2.26. The number of ether oxygens (including phenoxy) is 1. The van der Waals surface area contributed by atoms with Crippen molar-refractivity contribution in [2.75, 3.05) is 0 Å². The SMILES string of the molecule is CCCCCc1ccc(-c2ccc(OCc3ccc(C4CCC(CCC)CC4)c(F)c3F)cc2)c(F)c1F. The largest absolute Gasteiger partial charge is 0.489 e. The lowest BCUT2D eigenvalue weighted by Crippen LogP contribution is -2.15. The van der Waals surface area contributed by atoms with Crippen LogP contribution >= 0.6 is 0 Å². The van der Waals surface area contributed by atoms with E-state index in [4.69, 9.17) is 4.74 Å². The third kappa shape index (κ3) is 6.59. The van der Waals surface area contributed by atoms with Crippen molar-refractivity contribution in [2.24, 2.45) is 5.92 Å². The molecule has 4 rings (SSSR count). The molecule has 0 aliphatic heterocycles. The van der Waals surface area contributed by atoms with Gasteiger partial charge in [0.15, 0.2) is 23.3 Å². The summed E-state index contributed by atoms with van der Waals surface area (Å²) in [5.41, 5.74) is 1.71. The first kappa shape index (κ1) is 28.2. The van der Waals surface area contributed by atoms with Crippen LogP contribution in [-0.4, -0.2) is 0 Å². The zero-order valence-corrected chi connectivity index (χ0v) is 22.5. The smallest absolute Gasteiger partial charge is 0.166 e. The van der Waals surface area contributed by atoms with Gasteiger partial charge in [0.25, 0.3) is 0 Å². The lowest BCUT2D eigenvalue weighted by Gasteiger charge is -2.29. The van der Waals surface area contributed by atoms with E-state index in [2.05, 4.69) is 13.8 Å². The number of aryl methyl sites for hydroxylation is 1. The second kappa shape index (κ2) is 13.3. The normalized spacial score (nSPS) is 17.5. The van der Waals surface area contributed by atoms with Crippen molar-refractivity contribution < 1.29 is 22.3 Å². The van der Waals surface area contributed by atoms with Gasteiger partial charge in [-0.25, -0.2) is 17.6 Å². The molecule has 1 fully saturated rings. The number of halogens is 4. The number of hydrogen-bond donors (Lipinski definition) is 0. The minimum absolute atomic E-state index is 0.0655. The Bertz CT molecular complexity index is 1200. The molecule has 0 heterocycles. The lowest BCUT2D eigenvalue weighted by molar-refractivity contribution is 0.292. The molecule has 0 spiro atoms. The minimum atomic E-state index is -0.857. The molecular weight excluding hydrogens is 488 g/mol. The van der Waals surface area contributed by atoms with Crippen LogP contribution in [0.3, 0.4) is 0 Å². The first-order valence-electron chi connectivity index (χ1n) is 14.1. The van der Waals surface area contributed by atoms with E-state index in [0.717, 1.165) is 51.4 Å². The maximum atomic E-state index is 14.9. The third-order valence-corrected chi connectivity index (χ3v) is 7.95. The maximum Gasteiger partial charge on any atom is 0.166 e. The summed E-state index contributed by atoms with van der Waals surface area (Å²) in [4.78, 5) is 0. The fourth-order valence-electron chi connectivity index (χ4n) is 5.66. The van der Waals surface area contributed by atoms with Crippen LogP contribution in [0.15, 0.2) is 48.5 Å². The molecule has 0 radical (unpaired) electrons. The van der Waals surface area contributed by atoms with Crippen LogP contribution in [0.2, 0.25) is 0 Å². The number of benzene rings is 3. The van der Waals surface area contributed by atoms with Gasteiger partial charge in [-0.3, -0.25) is 0 Å². The Balaban J connectivity index is 1.38. The van der Waals surface area contributed by atoms with Gasteiger partial charge in [-0.2, -0.15) is 0 Å². The van der Waals surface area contributed by atoms with Crippen molar-refractivity contribution in [3.8, 4) is 16.9 Å². The summed E-state index contributed by atoms with van der Waals surface area (Å²) in [7, 11) is 0. The fourth-order valence-corrected chi connectivity index (χ4v) is 5.66. The number of rotatable bonds is 11. The number of unbranched alkanes of at least 4 members (excludes halogenated alkanes) is 2. The molecule has 0 unspecified atom stereocenters. The van der Waals surface area contributed by atoms with Gasteiger partial charge in [0.2, 0.25) is 0 Å². The molecule has 204 valence electrons. The lowest BCUT2D eigenvalue weighted by atomic mass is 9.77. The van der Waals surface area contributed by atoms with Crippen LogP contribution < -0.4 is 4.74 Å². The average Bonchev–Trinajstić information content (AvgIpc) is 2.93. The summed E-state index contributed by atoms with van der Waals surface area (Å²) in [5.74, 6) is -2.08. The molecule has 0 aromatic heterocycles. The fraction of sp³-hybridized carbons (Fsp3) is 0.455. The molecule has 5 heteroatoms. The summed E-state index contributed by atoms with van der Waals surface area (Å²) in [6, 6.07) is 13.1. The monoisotopic (exact) mass is 526 g/mol. The van der Waals surface area contributed by atoms with Crippen LogP contribution in [0.4, 0.5) is 17.6 Å². The molecule has 0 bridgehead atoms. The molecule has 0 N–H and O–H groups in total. The molecule has 0 atom stereocenters. The van der Waals surface area contributed by atoms with Crippen LogP contribution in [-0.2, 0) is 13.0 Å². The first-order valence-corrected chi connectivity index (χ1v) is 14.1. The van der Waals surface area contributed by atoms with Crippen molar-refractivity contribution in [2.45, 2.75) is 90.6 Å². The van der Waals surface area contributed by atoms with Gasteiger partial charge in [-0.1, -0.05) is 75.9 Å². The number of hydrogen-bond acceptors (Lipinski definition) is 1. The van der Waals surface area contributed by atoms with Crippen LogP contribution in [0, 0.1) is 29.2 Å². The molecule has 0 amide bonds. The summed E-state index contributed by atoms with van der Waals surface area (Å²) < 4.78 is 64.8. The van der Waals surface area contributed by atoms with Crippen molar-refractivity contribution in [1.29, 1.82) is 0 Å². The zero-order valence-electron chi connectivity index (χ0n) is 22.5. The van der Waals surface area contributed by atoms with Gasteiger partial charge in [0.05, 0.1) is 0 Å². The molecule has 1 saturated carbocycles. The Kier molecular flexibility index (Phi) is 9.87. The van der Waals surface area contributed by atoms with Crippen molar-refractivity contribution >= 4 is 0 Å². The average molecular weight is 527 g/mol. The minimum Gasteiger partial charge on any atom is -0.489 e. The van der Waals surface area contributed by atoms with E-state index in [9.17, 15) is 17.6 Å². The van der Waals surface area contributed by atoms with Crippen molar-refractivity contribution in [1.82, 2.24) is 0 Å². The summed E-state index contributed by atoms with van der Waals surface area (Å²) in [6.07, 6.45) is 9.64. The van der Waals surface area contributed by atoms with Crippen LogP contribution in [0.25, 0.3) is 11.1 Å². The molecule has 1 aliphatic carbocycles.